The minimum absolute atomic E-state index is 0.0437. The van der Waals surface area contributed by atoms with Gasteiger partial charge in [-0.2, -0.15) is 4.31 Å². The van der Waals surface area contributed by atoms with Crippen molar-refractivity contribution >= 4 is 39.2 Å². The fourth-order valence-electron chi connectivity index (χ4n) is 2.91. The van der Waals surface area contributed by atoms with Crippen molar-refractivity contribution in [3.8, 4) is 0 Å². The molecule has 0 saturated carbocycles. The summed E-state index contributed by atoms with van der Waals surface area (Å²) in [6.45, 7) is 4.21. The van der Waals surface area contributed by atoms with Crippen molar-refractivity contribution in [1.82, 2.24) is 19.5 Å². The first-order valence-corrected chi connectivity index (χ1v) is 10.8. The molecule has 1 aromatic heterocycles. The Balaban J connectivity index is 2.01. The third kappa shape index (κ3) is 5.26. The zero-order valence-electron chi connectivity index (χ0n) is 14.7. The Kier molecular flexibility index (Phi) is 7.01. The molecule has 0 aliphatic carbocycles. The van der Waals surface area contributed by atoms with Crippen LogP contribution in [0.1, 0.15) is 25.5 Å². The molecule has 1 aliphatic heterocycles. The summed E-state index contributed by atoms with van der Waals surface area (Å²) >= 11 is 12.1. The quantitative estimate of drug-likeness (QED) is 0.554. The van der Waals surface area contributed by atoms with E-state index in [2.05, 4.69) is 15.6 Å². The van der Waals surface area contributed by atoms with Gasteiger partial charge in [0.2, 0.25) is 10.0 Å². The maximum atomic E-state index is 11.8. The van der Waals surface area contributed by atoms with Gasteiger partial charge >= 0.3 is 0 Å². The van der Waals surface area contributed by atoms with E-state index in [0.29, 0.717) is 42.3 Å². The minimum atomic E-state index is -3.17. The monoisotopic (exact) mass is 409 g/mol. The smallest absolute Gasteiger partial charge is 0.211 e. The lowest BCUT2D eigenvalue weighted by atomic mass is 10.2. The van der Waals surface area contributed by atoms with Crippen molar-refractivity contribution in [2.24, 2.45) is 12.0 Å². The average Bonchev–Trinajstić information content (AvgIpc) is 3.11. The number of hydrogen-bond donors (Lipinski definition) is 2. The summed E-state index contributed by atoms with van der Waals surface area (Å²) in [6, 6.07) is 1.75. The zero-order valence-corrected chi connectivity index (χ0v) is 17.0. The summed E-state index contributed by atoms with van der Waals surface area (Å²) in [7, 11) is -1.34. The van der Waals surface area contributed by atoms with Crippen molar-refractivity contribution in [2.75, 3.05) is 25.9 Å². The fraction of sp³-hybridized carbons (Fsp3) is 0.667. The molecule has 0 bridgehead atoms. The van der Waals surface area contributed by atoms with Crippen LogP contribution in [-0.4, -0.2) is 55.2 Å². The summed E-state index contributed by atoms with van der Waals surface area (Å²) in [5, 5.41) is 7.39. The Morgan fingerprint density at radius 3 is 2.68 bits per heavy atom. The molecular weight excluding hydrogens is 385 g/mol. The number of hydrogen-bond acceptors (Lipinski definition) is 3. The van der Waals surface area contributed by atoms with Crippen LogP contribution in [0.3, 0.4) is 0 Å². The van der Waals surface area contributed by atoms with E-state index in [-0.39, 0.29) is 6.04 Å². The first kappa shape index (κ1) is 20.4. The lowest BCUT2D eigenvalue weighted by Gasteiger charge is -2.23. The highest BCUT2D eigenvalue weighted by Crippen LogP contribution is 2.25. The van der Waals surface area contributed by atoms with E-state index in [4.69, 9.17) is 23.2 Å². The molecule has 2 N–H and O–H groups in total. The van der Waals surface area contributed by atoms with Gasteiger partial charge in [0.1, 0.15) is 5.15 Å². The molecule has 0 radical (unpaired) electrons. The second-order valence-electron chi connectivity index (χ2n) is 6.08. The summed E-state index contributed by atoms with van der Waals surface area (Å²) in [5.74, 6) is 0.635. The van der Waals surface area contributed by atoms with Crippen molar-refractivity contribution in [3.05, 3.63) is 21.9 Å². The molecular formula is C15H25Cl2N5O2S. The Hall–Kier alpha value is -0.960. The van der Waals surface area contributed by atoms with Crippen LogP contribution in [0.25, 0.3) is 0 Å². The summed E-state index contributed by atoms with van der Waals surface area (Å²) in [6.07, 6.45) is 2.99. The van der Waals surface area contributed by atoms with Gasteiger partial charge in [-0.05, 0) is 25.8 Å². The van der Waals surface area contributed by atoms with Gasteiger partial charge in [-0.15, -0.1) is 0 Å². The number of rotatable bonds is 6. The van der Waals surface area contributed by atoms with Gasteiger partial charge in [-0.3, -0.25) is 0 Å². The highest BCUT2D eigenvalue weighted by molar-refractivity contribution is 7.88. The second kappa shape index (κ2) is 8.62. The third-order valence-corrected chi connectivity index (χ3v) is 6.39. The number of nitrogens with zero attached hydrogens (tertiary/aromatic N) is 3. The predicted octanol–water partition coefficient (Wildman–Crippen LogP) is 1.81. The van der Waals surface area contributed by atoms with Gasteiger partial charge < -0.3 is 15.2 Å². The van der Waals surface area contributed by atoms with E-state index in [1.54, 1.807) is 14.9 Å². The van der Waals surface area contributed by atoms with Crippen molar-refractivity contribution in [1.29, 1.82) is 0 Å². The SMILES string of the molecule is CCNC(=NCc1cc(Cl)c(Cl)n1C)NC[C@H]1CCCN1S(C)(=O)=O. The first-order chi connectivity index (χ1) is 11.7. The van der Waals surface area contributed by atoms with Gasteiger partial charge in [-0.1, -0.05) is 23.2 Å². The molecule has 7 nitrogen and oxygen atoms in total. The van der Waals surface area contributed by atoms with E-state index >= 15 is 0 Å². The topological polar surface area (TPSA) is 78.7 Å². The standard InChI is InChI=1S/C15H25Cl2N5O2S/c1-4-18-15(20-10-12-8-13(16)14(17)21(12)2)19-9-11-6-5-7-22(11)25(3,23)24/h8,11H,4-7,9-10H2,1-3H3,(H2,18,19,20)/t11-/m1/s1. The molecule has 1 atom stereocenters. The highest BCUT2D eigenvalue weighted by atomic mass is 35.5. The molecule has 142 valence electrons. The van der Waals surface area contributed by atoms with Crippen LogP contribution in [0.5, 0.6) is 0 Å². The molecule has 0 spiro atoms. The van der Waals surface area contributed by atoms with Crippen LogP contribution in [0.15, 0.2) is 11.1 Å². The predicted molar refractivity (Wildman–Crippen MR) is 103 cm³/mol. The van der Waals surface area contributed by atoms with Crippen LogP contribution in [0.2, 0.25) is 10.2 Å². The van der Waals surface area contributed by atoms with Crippen LogP contribution in [0, 0.1) is 0 Å². The van der Waals surface area contributed by atoms with Gasteiger partial charge in [0.05, 0.1) is 17.8 Å². The molecule has 2 rings (SSSR count). The molecule has 0 amide bonds. The van der Waals surface area contributed by atoms with E-state index < -0.39 is 10.0 Å². The Bertz CT molecular complexity index is 733. The molecule has 25 heavy (non-hydrogen) atoms. The van der Waals surface area contributed by atoms with Crippen LogP contribution in [-0.2, 0) is 23.6 Å². The molecule has 0 aromatic carbocycles. The number of halogens is 2. The first-order valence-electron chi connectivity index (χ1n) is 8.22. The maximum absolute atomic E-state index is 11.8. The largest absolute Gasteiger partial charge is 0.357 e. The van der Waals surface area contributed by atoms with Gasteiger partial charge in [0, 0.05) is 38.4 Å². The summed E-state index contributed by atoms with van der Waals surface area (Å²) in [4.78, 5) is 4.54. The molecule has 1 fully saturated rings. The van der Waals surface area contributed by atoms with Gasteiger partial charge in [0.15, 0.2) is 5.96 Å². The lowest BCUT2D eigenvalue weighted by molar-refractivity contribution is 0.387. The van der Waals surface area contributed by atoms with Crippen molar-refractivity contribution in [2.45, 2.75) is 32.4 Å². The van der Waals surface area contributed by atoms with Crippen molar-refractivity contribution in [3.63, 3.8) is 0 Å². The lowest BCUT2D eigenvalue weighted by Crippen LogP contribution is -2.46. The number of sulfonamides is 1. The van der Waals surface area contributed by atoms with Gasteiger partial charge in [-0.25, -0.2) is 13.4 Å². The maximum Gasteiger partial charge on any atom is 0.211 e. The normalized spacial score (nSPS) is 19.4. The Morgan fingerprint density at radius 2 is 2.12 bits per heavy atom. The van der Waals surface area contributed by atoms with Gasteiger partial charge in [0.25, 0.3) is 0 Å². The van der Waals surface area contributed by atoms with Crippen LogP contribution < -0.4 is 10.6 Å². The number of aliphatic imine (C=N–C) groups is 1. The van der Waals surface area contributed by atoms with Crippen LogP contribution >= 0.6 is 23.2 Å². The number of aromatic nitrogens is 1. The number of guanidine groups is 1. The van der Waals surface area contributed by atoms with E-state index in [1.165, 1.54) is 6.26 Å². The molecule has 10 heteroatoms. The van der Waals surface area contributed by atoms with Crippen LogP contribution in [0.4, 0.5) is 0 Å². The fourth-order valence-corrected chi connectivity index (χ4v) is 4.50. The average molecular weight is 410 g/mol. The molecule has 0 unspecified atom stereocenters. The third-order valence-electron chi connectivity index (χ3n) is 4.21. The number of nitrogens with one attached hydrogen (secondary N) is 2. The van der Waals surface area contributed by atoms with E-state index in [9.17, 15) is 8.42 Å². The second-order valence-corrected chi connectivity index (χ2v) is 8.78. The van der Waals surface area contributed by atoms with E-state index in [0.717, 1.165) is 18.5 Å². The summed E-state index contributed by atoms with van der Waals surface area (Å²) in [5.41, 5.74) is 0.894. The molecule has 2 heterocycles. The molecule has 1 saturated heterocycles. The zero-order chi connectivity index (χ0) is 18.6. The Labute approximate surface area is 159 Å². The molecule has 1 aliphatic rings. The Morgan fingerprint density at radius 1 is 1.40 bits per heavy atom. The minimum Gasteiger partial charge on any atom is -0.357 e. The summed E-state index contributed by atoms with van der Waals surface area (Å²) < 4.78 is 27.0. The van der Waals surface area contributed by atoms with Crippen molar-refractivity contribution < 1.29 is 8.42 Å². The molecule has 1 aromatic rings. The highest BCUT2D eigenvalue weighted by Gasteiger charge is 2.31. The van der Waals surface area contributed by atoms with E-state index in [1.807, 2.05) is 14.0 Å².